The summed E-state index contributed by atoms with van der Waals surface area (Å²) in [4.78, 5) is 12.2. The summed E-state index contributed by atoms with van der Waals surface area (Å²) in [6.07, 6.45) is 0.931. The molecule has 0 bridgehead atoms. The third kappa shape index (κ3) is 3.56. The van der Waals surface area contributed by atoms with Crippen molar-refractivity contribution < 1.29 is 4.79 Å². The molecule has 0 heterocycles. The summed E-state index contributed by atoms with van der Waals surface area (Å²) >= 11 is 3.41. The summed E-state index contributed by atoms with van der Waals surface area (Å²) in [5, 5.41) is 3.84. The zero-order valence-corrected chi connectivity index (χ0v) is 12.5. The summed E-state index contributed by atoms with van der Waals surface area (Å²) in [6.45, 7) is 8.10. The second-order valence-electron chi connectivity index (χ2n) is 4.51. The van der Waals surface area contributed by atoms with Crippen molar-refractivity contribution in [1.29, 1.82) is 0 Å². The van der Waals surface area contributed by atoms with Gasteiger partial charge in [0.2, 0.25) is 0 Å². The summed E-state index contributed by atoms with van der Waals surface area (Å²) in [7, 11) is 0. The molecule has 0 aromatic heterocycles. The van der Waals surface area contributed by atoms with Crippen LogP contribution in [0.3, 0.4) is 0 Å². The maximum atomic E-state index is 12.2. The molecular formula is C14H20BrNO. The predicted octanol–water partition coefficient (Wildman–Crippen LogP) is 3.52. The van der Waals surface area contributed by atoms with E-state index >= 15 is 0 Å². The topological polar surface area (TPSA) is 29.1 Å². The van der Waals surface area contributed by atoms with Crippen LogP contribution in [0, 0.1) is 20.8 Å². The Morgan fingerprint density at radius 3 is 2.24 bits per heavy atom. The summed E-state index contributed by atoms with van der Waals surface area (Å²) < 4.78 is 0. The molecule has 1 aromatic carbocycles. The van der Waals surface area contributed by atoms with Crippen molar-refractivity contribution in [3.63, 3.8) is 0 Å². The summed E-state index contributed by atoms with van der Waals surface area (Å²) in [5.41, 5.74) is 4.10. The van der Waals surface area contributed by atoms with E-state index in [0.29, 0.717) is 0 Å². The van der Waals surface area contributed by atoms with Crippen LogP contribution in [0.25, 0.3) is 0 Å². The number of nitrogens with one attached hydrogen (secondary N) is 1. The number of carbonyl (C=O) groups excluding carboxylic acids is 1. The second kappa shape index (κ2) is 6.20. The minimum atomic E-state index is 0.0336. The van der Waals surface area contributed by atoms with Crippen molar-refractivity contribution in [1.82, 2.24) is 5.32 Å². The van der Waals surface area contributed by atoms with Gasteiger partial charge in [0.15, 0.2) is 0 Å². The lowest BCUT2D eigenvalue weighted by atomic mass is 9.99. The van der Waals surface area contributed by atoms with E-state index in [1.54, 1.807) is 0 Å². The Labute approximate surface area is 112 Å². The average molecular weight is 298 g/mol. The minimum absolute atomic E-state index is 0.0336. The van der Waals surface area contributed by atoms with E-state index in [0.717, 1.165) is 28.4 Å². The highest BCUT2D eigenvalue weighted by Gasteiger charge is 2.15. The smallest absolute Gasteiger partial charge is 0.252 e. The van der Waals surface area contributed by atoms with E-state index < -0.39 is 0 Å². The molecule has 0 aliphatic carbocycles. The van der Waals surface area contributed by atoms with Gasteiger partial charge in [0.25, 0.3) is 5.91 Å². The van der Waals surface area contributed by atoms with Crippen LogP contribution < -0.4 is 5.32 Å². The first-order valence-electron chi connectivity index (χ1n) is 5.94. The Morgan fingerprint density at radius 2 is 1.82 bits per heavy atom. The van der Waals surface area contributed by atoms with Crippen molar-refractivity contribution in [2.75, 3.05) is 5.33 Å². The Hall–Kier alpha value is -0.830. The number of rotatable bonds is 4. The van der Waals surface area contributed by atoms with Gasteiger partial charge in [-0.05, 0) is 38.3 Å². The van der Waals surface area contributed by atoms with Gasteiger partial charge in [-0.15, -0.1) is 0 Å². The number of hydrogen-bond donors (Lipinski definition) is 1. The Bertz CT molecular complexity index is 388. The molecule has 1 amide bonds. The first-order valence-corrected chi connectivity index (χ1v) is 7.06. The van der Waals surface area contributed by atoms with E-state index in [2.05, 4.69) is 47.2 Å². The van der Waals surface area contributed by atoms with Crippen molar-refractivity contribution in [2.45, 2.75) is 40.2 Å². The Morgan fingerprint density at radius 1 is 1.29 bits per heavy atom. The van der Waals surface area contributed by atoms with Crippen LogP contribution in [0.15, 0.2) is 12.1 Å². The number of alkyl halides is 1. The van der Waals surface area contributed by atoms with Gasteiger partial charge in [-0.2, -0.15) is 0 Å². The van der Waals surface area contributed by atoms with E-state index in [9.17, 15) is 4.79 Å². The van der Waals surface area contributed by atoms with Gasteiger partial charge in [-0.1, -0.05) is 40.5 Å². The number of carbonyl (C=O) groups is 1. The molecule has 2 nitrogen and oxygen atoms in total. The minimum Gasteiger partial charge on any atom is -0.348 e. The lowest BCUT2D eigenvalue weighted by molar-refractivity contribution is 0.0939. The molecule has 0 fully saturated rings. The van der Waals surface area contributed by atoms with Crippen LogP contribution >= 0.6 is 15.9 Å². The molecule has 1 N–H and O–H groups in total. The molecule has 17 heavy (non-hydrogen) atoms. The Balaban J connectivity index is 2.96. The van der Waals surface area contributed by atoms with Crippen LogP contribution in [0.2, 0.25) is 0 Å². The molecule has 1 atom stereocenters. The number of halogens is 1. The van der Waals surface area contributed by atoms with Crippen molar-refractivity contribution in [2.24, 2.45) is 0 Å². The van der Waals surface area contributed by atoms with E-state index in [1.807, 2.05) is 13.8 Å². The van der Waals surface area contributed by atoms with Crippen LogP contribution in [-0.4, -0.2) is 17.3 Å². The van der Waals surface area contributed by atoms with E-state index in [-0.39, 0.29) is 11.9 Å². The van der Waals surface area contributed by atoms with Crippen molar-refractivity contribution in [3.8, 4) is 0 Å². The molecule has 0 saturated carbocycles. The first kappa shape index (κ1) is 14.2. The SMILES string of the molecule is CCC(CBr)NC(=O)c1c(C)cc(C)cc1C. The van der Waals surface area contributed by atoms with Crippen LogP contribution in [0.1, 0.15) is 40.4 Å². The molecular weight excluding hydrogens is 278 g/mol. The standard InChI is InChI=1S/C14H20BrNO/c1-5-12(8-15)16-14(17)13-10(3)6-9(2)7-11(13)4/h6-7,12H,5,8H2,1-4H3,(H,16,17). The van der Waals surface area contributed by atoms with Gasteiger partial charge >= 0.3 is 0 Å². The Kier molecular flexibility index (Phi) is 5.19. The maximum Gasteiger partial charge on any atom is 0.252 e. The van der Waals surface area contributed by atoms with Crippen molar-refractivity contribution >= 4 is 21.8 Å². The maximum absolute atomic E-state index is 12.2. The van der Waals surface area contributed by atoms with Gasteiger partial charge in [0.05, 0.1) is 0 Å². The zero-order chi connectivity index (χ0) is 13.0. The molecule has 0 aliphatic rings. The quantitative estimate of drug-likeness (QED) is 0.847. The fourth-order valence-corrected chi connectivity index (χ4v) is 2.67. The molecule has 3 heteroatoms. The van der Waals surface area contributed by atoms with Gasteiger partial charge < -0.3 is 5.32 Å². The zero-order valence-electron chi connectivity index (χ0n) is 10.9. The molecule has 1 unspecified atom stereocenters. The lowest BCUT2D eigenvalue weighted by Crippen LogP contribution is -2.36. The normalized spacial score (nSPS) is 12.3. The first-order chi connectivity index (χ1) is 7.99. The van der Waals surface area contributed by atoms with Crippen molar-refractivity contribution in [3.05, 3.63) is 34.4 Å². The van der Waals surface area contributed by atoms with Gasteiger partial charge in [0, 0.05) is 16.9 Å². The number of aryl methyl sites for hydroxylation is 3. The lowest BCUT2D eigenvalue weighted by Gasteiger charge is -2.16. The van der Waals surface area contributed by atoms with E-state index in [4.69, 9.17) is 0 Å². The fraction of sp³-hybridized carbons (Fsp3) is 0.500. The summed E-state index contributed by atoms with van der Waals surface area (Å²) in [6, 6.07) is 4.30. The number of amides is 1. The number of hydrogen-bond acceptors (Lipinski definition) is 1. The third-order valence-electron chi connectivity index (χ3n) is 2.92. The summed E-state index contributed by atoms with van der Waals surface area (Å²) in [5.74, 6) is 0.0336. The highest BCUT2D eigenvalue weighted by atomic mass is 79.9. The average Bonchev–Trinajstić information content (AvgIpc) is 2.24. The second-order valence-corrected chi connectivity index (χ2v) is 5.15. The molecule has 0 saturated heterocycles. The molecule has 0 spiro atoms. The molecule has 1 aromatic rings. The van der Waals surface area contributed by atoms with E-state index in [1.165, 1.54) is 5.56 Å². The molecule has 1 rings (SSSR count). The molecule has 94 valence electrons. The largest absolute Gasteiger partial charge is 0.348 e. The fourth-order valence-electron chi connectivity index (χ4n) is 2.05. The predicted molar refractivity (Wildman–Crippen MR) is 76.0 cm³/mol. The van der Waals surface area contributed by atoms with Gasteiger partial charge in [-0.25, -0.2) is 0 Å². The van der Waals surface area contributed by atoms with Crippen LogP contribution in [0.4, 0.5) is 0 Å². The monoisotopic (exact) mass is 297 g/mol. The molecule has 0 radical (unpaired) electrons. The highest BCUT2D eigenvalue weighted by Crippen LogP contribution is 2.16. The van der Waals surface area contributed by atoms with Crippen LogP contribution in [0.5, 0.6) is 0 Å². The van der Waals surface area contributed by atoms with Crippen LogP contribution in [-0.2, 0) is 0 Å². The highest BCUT2D eigenvalue weighted by molar-refractivity contribution is 9.09. The molecule has 0 aliphatic heterocycles. The third-order valence-corrected chi connectivity index (χ3v) is 3.70. The number of benzene rings is 1. The van der Waals surface area contributed by atoms with Gasteiger partial charge in [-0.3, -0.25) is 4.79 Å². The van der Waals surface area contributed by atoms with Gasteiger partial charge in [0.1, 0.15) is 0 Å².